The van der Waals surface area contributed by atoms with E-state index in [1.54, 1.807) is 6.80 Å². The maximum atomic E-state index is 2.52. The molecule has 6 aromatic carbocycles. The van der Waals surface area contributed by atoms with Crippen LogP contribution < -0.4 is 0 Å². The van der Waals surface area contributed by atoms with Crippen molar-refractivity contribution >= 4 is 150 Å². The summed E-state index contributed by atoms with van der Waals surface area (Å²) in [5.41, 5.74) is 0. The standard InChI is InChI=1S/C34H16SSe2Te/c1-3-36-30-14-24-9-21-11-27-29(13-23(21)7-19(24)5-17(1)30)35-33-28-12-22-10-25-15-31-18(2-4-37-31)6-20(25)8-26(22)16-32(28)38-34(27)33/h1-16H. The summed E-state index contributed by atoms with van der Waals surface area (Å²) in [5.74, 6) is 0. The van der Waals surface area contributed by atoms with Gasteiger partial charge in [0.1, 0.15) is 0 Å². The van der Waals surface area contributed by atoms with E-state index in [9.17, 15) is 0 Å². The Hall–Kier alpha value is -2.37. The molecule has 0 amide bonds. The van der Waals surface area contributed by atoms with E-state index < -0.39 is 20.4 Å². The fourth-order valence-electron chi connectivity index (χ4n) is 6.17. The molecule has 0 saturated carbocycles. The Labute approximate surface area is 242 Å². The molecule has 0 fully saturated rings. The van der Waals surface area contributed by atoms with Crippen molar-refractivity contribution in [3.05, 3.63) is 94.8 Å². The molecule has 0 unspecified atom stereocenters. The van der Waals surface area contributed by atoms with E-state index in [4.69, 9.17) is 0 Å². The first kappa shape index (κ1) is 21.5. The molecule has 0 aliphatic carbocycles. The van der Waals surface area contributed by atoms with Crippen LogP contribution in [0, 0.1) is 0 Å². The first-order chi connectivity index (χ1) is 18.7. The van der Waals surface area contributed by atoms with Gasteiger partial charge in [-0.1, -0.05) is 0 Å². The van der Waals surface area contributed by atoms with Gasteiger partial charge in [-0.25, -0.2) is 0 Å². The minimum atomic E-state index is -0.408. The zero-order valence-electron chi connectivity index (χ0n) is 19.9. The topological polar surface area (TPSA) is 0 Å². The predicted octanol–water partition coefficient (Wildman–Crippen LogP) is 9.30. The Morgan fingerprint density at radius 1 is 0.474 bits per heavy atom. The summed E-state index contributed by atoms with van der Waals surface area (Å²) in [6.45, 7) is 0. The third kappa shape index (κ3) is 2.98. The fraction of sp³-hybridized carbons (Fsp3) is 0. The molecule has 4 heterocycles. The first-order valence-corrected chi connectivity index (χ1v) is 19.5. The molecule has 0 spiro atoms. The molecule has 0 radical (unpaired) electrons. The zero-order valence-corrected chi connectivity index (χ0v) is 26.4. The Morgan fingerprint density at radius 3 is 1.63 bits per heavy atom. The number of benzene rings is 6. The van der Waals surface area contributed by atoms with E-state index >= 15 is 0 Å². The van der Waals surface area contributed by atoms with E-state index in [-0.39, 0.29) is 0 Å². The van der Waals surface area contributed by atoms with Gasteiger partial charge in [-0.15, -0.1) is 0 Å². The monoisotopic (exact) mass is 746 g/mol. The van der Waals surface area contributed by atoms with Crippen LogP contribution in [0.3, 0.4) is 0 Å². The molecule has 0 aliphatic rings. The second kappa shape index (κ2) is 7.63. The summed E-state index contributed by atoms with van der Waals surface area (Å²) in [5, 5.41) is 16.9. The number of thiophene rings is 1. The number of fused-ring (bicyclic) bond motifs is 11. The van der Waals surface area contributed by atoms with Crippen molar-refractivity contribution in [1.82, 2.24) is 0 Å². The summed E-state index contributed by atoms with van der Waals surface area (Å²) in [7, 11) is 0. The second-order valence-electron chi connectivity index (χ2n) is 10.3. The average molecular weight is 742 g/mol. The zero-order chi connectivity index (χ0) is 24.5. The van der Waals surface area contributed by atoms with Crippen LogP contribution in [0.25, 0.3) is 89.4 Å². The van der Waals surface area contributed by atoms with Crippen molar-refractivity contribution in [2.75, 3.05) is 0 Å². The summed E-state index contributed by atoms with van der Waals surface area (Å²) >= 11 is 2.58. The second-order valence-corrected chi connectivity index (χ2v) is 18.3. The number of rotatable bonds is 0. The van der Waals surface area contributed by atoms with E-state index in [1.165, 1.54) is 82.6 Å². The SMILES string of the molecule is c1cc2cc3cc4cc5[te]c6c7cc8cc9cc%10[se]ccc%10cc9cc8cc7sc6c5cc4cc3cc2[se]1. The number of hydrogen-bond acceptors (Lipinski definition) is 1. The van der Waals surface area contributed by atoms with Crippen molar-refractivity contribution in [3.8, 4) is 0 Å². The van der Waals surface area contributed by atoms with Crippen LogP contribution in [0.1, 0.15) is 0 Å². The van der Waals surface area contributed by atoms with Crippen LogP contribution in [0.15, 0.2) is 94.8 Å². The molecule has 0 aliphatic heterocycles. The van der Waals surface area contributed by atoms with Gasteiger partial charge in [0, 0.05) is 0 Å². The Kier molecular flexibility index (Phi) is 4.31. The molecule has 4 heteroatoms. The molecule has 0 nitrogen and oxygen atoms in total. The van der Waals surface area contributed by atoms with E-state index in [1.807, 2.05) is 11.3 Å². The van der Waals surface area contributed by atoms with Crippen LogP contribution in [0.5, 0.6) is 0 Å². The summed E-state index contributed by atoms with van der Waals surface area (Å²) < 4.78 is 9.29. The molecule has 0 N–H and O–H groups in total. The van der Waals surface area contributed by atoms with Crippen molar-refractivity contribution in [2.45, 2.75) is 0 Å². The van der Waals surface area contributed by atoms with Crippen LogP contribution in [0.2, 0.25) is 0 Å². The first-order valence-electron chi connectivity index (χ1n) is 12.6. The van der Waals surface area contributed by atoms with Crippen molar-refractivity contribution in [1.29, 1.82) is 0 Å². The maximum absolute atomic E-state index is 2.52. The Balaban J connectivity index is 1.24. The Morgan fingerprint density at radius 2 is 0.974 bits per heavy atom. The van der Waals surface area contributed by atoms with Gasteiger partial charge < -0.3 is 0 Å². The normalized spacial score (nSPS) is 12.7. The van der Waals surface area contributed by atoms with Crippen molar-refractivity contribution < 1.29 is 0 Å². The molecule has 0 bridgehead atoms. The van der Waals surface area contributed by atoms with Gasteiger partial charge in [0.2, 0.25) is 0 Å². The van der Waals surface area contributed by atoms with Crippen LogP contribution >= 0.6 is 11.3 Å². The van der Waals surface area contributed by atoms with E-state index in [0.29, 0.717) is 29.0 Å². The minimum absolute atomic E-state index is 0.408. The van der Waals surface area contributed by atoms with Gasteiger partial charge in [-0.3, -0.25) is 0 Å². The summed E-state index contributed by atoms with van der Waals surface area (Å²) in [6, 6.07) is 33.9. The summed E-state index contributed by atoms with van der Waals surface area (Å²) in [4.78, 5) is 4.68. The van der Waals surface area contributed by atoms with Gasteiger partial charge >= 0.3 is 245 Å². The molecule has 10 aromatic rings. The Bertz CT molecular complexity index is 2440. The van der Waals surface area contributed by atoms with Crippen LogP contribution in [-0.2, 0) is 0 Å². The van der Waals surface area contributed by atoms with Gasteiger partial charge in [-0.2, -0.15) is 0 Å². The molecule has 10 rings (SSSR count). The fourth-order valence-corrected chi connectivity index (χ4v) is 15.1. The molecular formula is C34H16SSe2Te. The molecule has 0 atom stereocenters. The molecular weight excluding hydrogens is 726 g/mol. The summed E-state index contributed by atoms with van der Waals surface area (Å²) in [6.07, 6.45) is 0. The van der Waals surface area contributed by atoms with Crippen LogP contribution in [0.4, 0.5) is 0 Å². The average Bonchev–Trinajstić information content (AvgIpc) is 3.70. The van der Waals surface area contributed by atoms with E-state index in [0.717, 1.165) is 0 Å². The molecule has 176 valence electrons. The molecule has 38 heavy (non-hydrogen) atoms. The number of hydrogen-bond donors (Lipinski definition) is 0. The molecule has 4 aromatic heterocycles. The third-order valence-electron chi connectivity index (χ3n) is 8.05. The van der Waals surface area contributed by atoms with Gasteiger partial charge in [0.05, 0.1) is 0 Å². The quantitative estimate of drug-likeness (QED) is 0.107. The van der Waals surface area contributed by atoms with Gasteiger partial charge in [0.15, 0.2) is 0 Å². The predicted molar refractivity (Wildman–Crippen MR) is 173 cm³/mol. The third-order valence-corrected chi connectivity index (χ3v) is 16.7. The van der Waals surface area contributed by atoms with E-state index in [2.05, 4.69) is 94.8 Å². The van der Waals surface area contributed by atoms with Crippen molar-refractivity contribution in [3.63, 3.8) is 0 Å². The van der Waals surface area contributed by atoms with Crippen molar-refractivity contribution in [2.24, 2.45) is 0 Å². The van der Waals surface area contributed by atoms with Crippen LogP contribution in [-0.4, -0.2) is 49.4 Å². The van der Waals surface area contributed by atoms with Gasteiger partial charge in [-0.05, 0) is 0 Å². The van der Waals surface area contributed by atoms with Gasteiger partial charge in [0.25, 0.3) is 0 Å². The molecule has 0 saturated heterocycles.